The Morgan fingerprint density at radius 2 is 2.33 bits per heavy atom. The van der Waals surface area contributed by atoms with Crippen molar-refractivity contribution in [3.63, 3.8) is 0 Å². The summed E-state index contributed by atoms with van der Waals surface area (Å²) in [4.78, 5) is 4.27. The van der Waals surface area contributed by atoms with Gasteiger partial charge in [0.05, 0.1) is 18.3 Å². The molecule has 0 spiro atoms. The first-order valence-electron chi connectivity index (χ1n) is 6.75. The molecule has 0 amide bonds. The van der Waals surface area contributed by atoms with Crippen molar-refractivity contribution in [1.29, 1.82) is 0 Å². The van der Waals surface area contributed by atoms with Crippen LogP contribution in [0.2, 0.25) is 0 Å². The van der Waals surface area contributed by atoms with Crippen molar-refractivity contribution in [2.75, 3.05) is 6.61 Å². The molecule has 3 unspecified atom stereocenters. The van der Waals surface area contributed by atoms with Gasteiger partial charge in [0, 0.05) is 18.1 Å². The molecule has 0 bridgehead atoms. The van der Waals surface area contributed by atoms with Crippen LogP contribution in [0, 0.1) is 12.3 Å². The minimum Gasteiger partial charge on any atom is -0.444 e. The molecule has 0 radical (unpaired) electrons. The summed E-state index contributed by atoms with van der Waals surface area (Å²) in [6.07, 6.45) is 3.19. The van der Waals surface area contributed by atoms with Crippen molar-refractivity contribution >= 4 is 0 Å². The molecule has 0 aromatic carbocycles. The maximum atomic E-state index is 5.74. The number of nitrogens with zero attached hydrogens (tertiary/aromatic N) is 1. The summed E-state index contributed by atoms with van der Waals surface area (Å²) in [5.41, 5.74) is 0.173. The Morgan fingerprint density at radius 1 is 1.61 bits per heavy atom. The van der Waals surface area contributed by atoms with Crippen LogP contribution in [-0.2, 0) is 4.74 Å². The van der Waals surface area contributed by atoms with Crippen LogP contribution in [0.5, 0.6) is 0 Å². The first kappa shape index (κ1) is 13.6. The molecular formula is C14H24N2O2. The Hall–Kier alpha value is -0.870. The molecule has 102 valence electrons. The minimum atomic E-state index is 0.144. The van der Waals surface area contributed by atoms with Crippen LogP contribution in [0.3, 0.4) is 0 Å². The first-order valence-corrected chi connectivity index (χ1v) is 6.75. The van der Waals surface area contributed by atoms with Gasteiger partial charge in [0.25, 0.3) is 0 Å². The van der Waals surface area contributed by atoms with Crippen molar-refractivity contribution in [1.82, 2.24) is 10.3 Å². The third kappa shape index (κ3) is 2.45. The van der Waals surface area contributed by atoms with E-state index in [1.54, 1.807) is 6.20 Å². The van der Waals surface area contributed by atoms with Gasteiger partial charge in [-0.2, -0.15) is 0 Å². The smallest absolute Gasteiger partial charge is 0.211 e. The van der Waals surface area contributed by atoms with E-state index in [9.17, 15) is 0 Å². The van der Waals surface area contributed by atoms with Gasteiger partial charge in [-0.25, -0.2) is 4.98 Å². The van der Waals surface area contributed by atoms with Gasteiger partial charge in [-0.05, 0) is 27.2 Å². The van der Waals surface area contributed by atoms with Gasteiger partial charge in [-0.1, -0.05) is 13.8 Å². The highest BCUT2D eigenvalue weighted by molar-refractivity contribution is 5.05. The fourth-order valence-corrected chi connectivity index (χ4v) is 2.60. The van der Waals surface area contributed by atoms with E-state index in [2.05, 4.69) is 38.0 Å². The second-order valence-corrected chi connectivity index (χ2v) is 5.75. The Labute approximate surface area is 109 Å². The fraction of sp³-hybridized carbons (Fsp3) is 0.786. The molecule has 0 saturated heterocycles. The molecule has 4 heteroatoms. The normalized spacial score (nSPS) is 27.8. The van der Waals surface area contributed by atoms with E-state index < -0.39 is 0 Å². The number of hydrogen-bond donors (Lipinski definition) is 1. The van der Waals surface area contributed by atoms with Crippen LogP contribution in [0.4, 0.5) is 0 Å². The third-order valence-corrected chi connectivity index (χ3v) is 4.01. The predicted octanol–water partition coefficient (Wildman–Crippen LogP) is 2.84. The summed E-state index contributed by atoms with van der Waals surface area (Å²) in [5, 5.41) is 3.59. The second-order valence-electron chi connectivity index (χ2n) is 5.75. The zero-order valence-electron chi connectivity index (χ0n) is 12.0. The maximum absolute atomic E-state index is 5.74. The molecule has 1 aromatic heterocycles. The summed E-state index contributed by atoms with van der Waals surface area (Å²) in [6.45, 7) is 11.4. The SMILES string of the molecule is CCOC1CC(NC(C)c2ncc(C)o2)C1(C)C. The molecule has 4 nitrogen and oxygen atoms in total. The zero-order valence-corrected chi connectivity index (χ0v) is 12.0. The second kappa shape index (κ2) is 5.02. The molecule has 1 saturated carbocycles. The molecule has 1 aliphatic rings. The molecule has 1 N–H and O–H groups in total. The van der Waals surface area contributed by atoms with Gasteiger partial charge in [0.15, 0.2) is 0 Å². The van der Waals surface area contributed by atoms with E-state index in [4.69, 9.17) is 9.15 Å². The van der Waals surface area contributed by atoms with Crippen LogP contribution >= 0.6 is 0 Å². The first-order chi connectivity index (χ1) is 8.45. The minimum absolute atomic E-state index is 0.144. The number of ether oxygens (including phenoxy) is 1. The molecule has 1 fully saturated rings. The zero-order chi connectivity index (χ0) is 13.3. The quantitative estimate of drug-likeness (QED) is 0.875. The van der Waals surface area contributed by atoms with Gasteiger partial charge >= 0.3 is 0 Å². The lowest BCUT2D eigenvalue weighted by Crippen LogP contribution is -2.61. The average Bonchev–Trinajstić information content (AvgIpc) is 2.74. The highest BCUT2D eigenvalue weighted by atomic mass is 16.5. The number of hydrogen-bond acceptors (Lipinski definition) is 4. The van der Waals surface area contributed by atoms with E-state index in [-0.39, 0.29) is 11.5 Å². The van der Waals surface area contributed by atoms with E-state index in [0.717, 1.165) is 24.7 Å². The molecule has 1 aromatic rings. The monoisotopic (exact) mass is 252 g/mol. The van der Waals surface area contributed by atoms with Crippen LogP contribution in [-0.4, -0.2) is 23.7 Å². The summed E-state index contributed by atoms with van der Waals surface area (Å²) < 4.78 is 11.3. The van der Waals surface area contributed by atoms with E-state index in [1.807, 2.05) is 6.92 Å². The summed E-state index contributed by atoms with van der Waals surface area (Å²) >= 11 is 0. The highest BCUT2D eigenvalue weighted by Gasteiger charge is 2.49. The number of oxazole rings is 1. The highest BCUT2D eigenvalue weighted by Crippen LogP contribution is 2.43. The topological polar surface area (TPSA) is 47.3 Å². The number of aromatic nitrogens is 1. The van der Waals surface area contributed by atoms with Crippen LogP contribution in [0.25, 0.3) is 0 Å². The molecule has 1 heterocycles. The molecular weight excluding hydrogens is 228 g/mol. The van der Waals surface area contributed by atoms with E-state index in [0.29, 0.717) is 12.1 Å². The third-order valence-electron chi connectivity index (χ3n) is 4.01. The lowest BCUT2D eigenvalue weighted by molar-refractivity contribution is -0.116. The number of nitrogens with one attached hydrogen (secondary N) is 1. The molecule has 1 aliphatic carbocycles. The molecule has 2 rings (SSSR count). The largest absolute Gasteiger partial charge is 0.444 e. The van der Waals surface area contributed by atoms with E-state index in [1.165, 1.54) is 0 Å². The molecule has 3 atom stereocenters. The summed E-state index contributed by atoms with van der Waals surface area (Å²) in [7, 11) is 0. The average molecular weight is 252 g/mol. The lowest BCUT2D eigenvalue weighted by Gasteiger charge is -2.52. The molecule has 0 aliphatic heterocycles. The van der Waals surface area contributed by atoms with Gasteiger partial charge in [0.1, 0.15) is 5.76 Å². The predicted molar refractivity (Wildman–Crippen MR) is 70.4 cm³/mol. The van der Waals surface area contributed by atoms with Crippen molar-refractivity contribution in [3.8, 4) is 0 Å². The van der Waals surface area contributed by atoms with Crippen LogP contribution in [0.1, 0.15) is 51.8 Å². The Morgan fingerprint density at radius 3 is 2.83 bits per heavy atom. The fourth-order valence-electron chi connectivity index (χ4n) is 2.60. The standard InChI is InChI=1S/C14H24N2O2/c1-6-17-12-7-11(14(12,4)5)16-10(3)13-15-8-9(2)18-13/h8,10-12,16H,6-7H2,1-5H3. The van der Waals surface area contributed by atoms with Crippen molar-refractivity contribution in [2.45, 2.75) is 59.2 Å². The van der Waals surface area contributed by atoms with Crippen LogP contribution < -0.4 is 5.32 Å². The summed E-state index contributed by atoms with van der Waals surface area (Å²) in [6, 6.07) is 0.599. The number of rotatable bonds is 5. The Bertz CT molecular complexity index is 400. The van der Waals surface area contributed by atoms with Crippen molar-refractivity contribution in [3.05, 3.63) is 17.8 Å². The Balaban J connectivity index is 1.91. The van der Waals surface area contributed by atoms with Crippen LogP contribution in [0.15, 0.2) is 10.6 Å². The summed E-state index contributed by atoms with van der Waals surface area (Å²) in [5.74, 6) is 1.63. The maximum Gasteiger partial charge on any atom is 0.211 e. The molecule has 18 heavy (non-hydrogen) atoms. The van der Waals surface area contributed by atoms with Crippen molar-refractivity contribution < 1.29 is 9.15 Å². The van der Waals surface area contributed by atoms with Gasteiger partial charge in [0.2, 0.25) is 5.89 Å². The van der Waals surface area contributed by atoms with E-state index >= 15 is 0 Å². The van der Waals surface area contributed by atoms with Gasteiger partial charge < -0.3 is 14.5 Å². The van der Waals surface area contributed by atoms with Gasteiger partial charge in [-0.3, -0.25) is 0 Å². The number of aryl methyl sites for hydroxylation is 1. The lowest BCUT2D eigenvalue weighted by atomic mass is 9.64. The Kier molecular flexibility index (Phi) is 3.78. The van der Waals surface area contributed by atoms with Crippen molar-refractivity contribution in [2.24, 2.45) is 5.41 Å². The van der Waals surface area contributed by atoms with Gasteiger partial charge in [-0.15, -0.1) is 0 Å².